The minimum atomic E-state index is -0.304. The van der Waals surface area contributed by atoms with Crippen LogP contribution >= 0.6 is 0 Å². The molecule has 2 heterocycles. The number of amides is 1. The monoisotopic (exact) mass is 373 g/mol. The second kappa shape index (κ2) is 7.87. The summed E-state index contributed by atoms with van der Waals surface area (Å²) in [4.78, 5) is 16.4. The smallest absolute Gasteiger partial charge is 0.290 e. The number of aromatic nitrogens is 4. The van der Waals surface area contributed by atoms with Gasteiger partial charge in [-0.1, -0.05) is 59.3 Å². The number of benzene rings is 2. The van der Waals surface area contributed by atoms with Crippen LogP contribution in [0.15, 0.2) is 71.8 Å². The van der Waals surface area contributed by atoms with E-state index < -0.39 is 0 Å². The Morgan fingerprint density at radius 1 is 1.11 bits per heavy atom. The molecule has 0 fully saturated rings. The number of rotatable bonds is 6. The van der Waals surface area contributed by atoms with Gasteiger partial charge in [-0.3, -0.25) is 4.79 Å². The van der Waals surface area contributed by atoms with Crippen molar-refractivity contribution < 1.29 is 9.32 Å². The van der Waals surface area contributed by atoms with Gasteiger partial charge >= 0.3 is 0 Å². The molecule has 0 bridgehead atoms. The number of hydrogen-bond donors (Lipinski definition) is 1. The molecular formula is C21H19N5O2. The number of hydrogen-bond acceptors (Lipinski definition) is 5. The van der Waals surface area contributed by atoms with Gasteiger partial charge in [-0.2, -0.15) is 5.10 Å². The number of nitrogens with one attached hydrogen (secondary N) is 1. The highest BCUT2D eigenvalue weighted by Gasteiger charge is 2.14. The van der Waals surface area contributed by atoms with Crippen molar-refractivity contribution in [3.8, 4) is 11.3 Å². The second-order valence-corrected chi connectivity index (χ2v) is 6.49. The molecule has 28 heavy (non-hydrogen) atoms. The van der Waals surface area contributed by atoms with E-state index in [1.54, 1.807) is 17.1 Å². The minimum Gasteiger partial charge on any atom is -0.350 e. The van der Waals surface area contributed by atoms with Crippen molar-refractivity contribution >= 4 is 5.91 Å². The fourth-order valence-electron chi connectivity index (χ4n) is 2.88. The van der Waals surface area contributed by atoms with Crippen LogP contribution < -0.4 is 5.32 Å². The Bertz CT molecular complexity index is 1070. The second-order valence-electron chi connectivity index (χ2n) is 6.49. The number of carbonyl (C=O) groups is 1. The molecule has 0 aliphatic carbocycles. The number of nitrogens with zero attached hydrogens (tertiary/aromatic N) is 4. The van der Waals surface area contributed by atoms with Crippen LogP contribution in [-0.2, 0) is 13.1 Å². The molecule has 4 aromatic rings. The zero-order valence-corrected chi connectivity index (χ0v) is 15.4. The number of aryl methyl sites for hydroxylation is 1. The maximum absolute atomic E-state index is 12.5. The van der Waals surface area contributed by atoms with E-state index in [0.29, 0.717) is 18.8 Å². The van der Waals surface area contributed by atoms with Gasteiger partial charge in [0.15, 0.2) is 0 Å². The lowest BCUT2D eigenvalue weighted by molar-refractivity contribution is 0.0914. The van der Waals surface area contributed by atoms with E-state index >= 15 is 0 Å². The molecule has 2 aromatic carbocycles. The maximum Gasteiger partial charge on any atom is 0.290 e. The molecule has 0 saturated heterocycles. The summed E-state index contributed by atoms with van der Waals surface area (Å²) < 4.78 is 6.97. The predicted molar refractivity (Wildman–Crippen MR) is 103 cm³/mol. The van der Waals surface area contributed by atoms with Crippen molar-refractivity contribution in [3.63, 3.8) is 0 Å². The first-order valence-electron chi connectivity index (χ1n) is 8.90. The quantitative estimate of drug-likeness (QED) is 0.561. The summed E-state index contributed by atoms with van der Waals surface area (Å²) in [5.74, 6) is -0.120. The molecule has 0 atom stereocenters. The lowest BCUT2D eigenvalue weighted by Crippen LogP contribution is -2.23. The molecule has 0 radical (unpaired) electrons. The lowest BCUT2D eigenvalue weighted by atomic mass is 10.1. The minimum absolute atomic E-state index is 0.185. The van der Waals surface area contributed by atoms with Gasteiger partial charge in [0, 0.05) is 18.2 Å². The normalized spacial score (nSPS) is 10.8. The summed E-state index contributed by atoms with van der Waals surface area (Å²) in [6, 6.07) is 17.4. The first-order valence-corrected chi connectivity index (χ1v) is 8.90. The van der Waals surface area contributed by atoms with Crippen molar-refractivity contribution in [2.24, 2.45) is 0 Å². The molecule has 7 nitrogen and oxygen atoms in total. The van der Waals surface area contributed by atoms with Crippen LogP contribution in [0.3, 0.4) is 0 Å². The molecule has 0 saturated carbocycles. The van der Waals surface area contributed by atoms with Gasteiger partial charge < -0.3 is 9.84 Å². The molecule has 0 spiro atoms. The Morgan fingerprint density at radius 2 is 1.89 bits per heavy atom. The first kappa shape index (κ1) is 17.7. The standard InChI is InChI=1S/C21H19N5O2/c1-15-6-8-16(9-7-15)19-10-20(28-25-19)21(27)23-11-17-4-2-3-5-18(17)12-26-14-22-13-24-26/h2-10,13-14H,11-12H2,1H3,(H,23,27). The summed E-state index contributed by atoms with van der Waals surface area (Å²) in [5.41, 5.74) is 4.77. The van der Waals surface area contributed by atoms with Crippen LogP contribution in [0.2, 0.25) is 0 Å². The van der Waals surface area contributed by atoms with E-state index in [1.165, 1.54) is 6.33 Å². The summed E-state index contributed by atoms with van der Waals surface area (Å²) in [6.45, 7) is 2.99. The van der Waals surface area contributed by atoms with Gasteiger partial charge in [0.25, 0.3) is 5.91 Å². The average molecular weight is 373 g/mol. The van der Waals surface area contributed by atoms with Gasteiger partial charge in [-0.05, 0) is 18.1 Å². The maximum atomic E-state index is 12.5. The Labute approximate surface area is 162 Å². The summed E-state index contributed by atoms with van der Waals surface area (Å²) in [7, 11) is 0. The van der Waals surface area contributed by atoms with Gasteiger partial charge in [0.1, 0.15) is 18.3 Å². The van der Waals surface area contributed by atoms with Gasteiger partial charge in [0.2, 0.25) is 5.76 Å². The Morgan fingerprint density at radius 3 is 2.64 bits per heavy atom. The van der Waals surface area contributed by atoms with Crippen molar-refractivity contribution in [3.05, 3.63) is 89.7 Å². The molecule has 1 N–H and O–H groups in total. The third-order valence-corrected chi connectivity index (χ3v) is 4.44. The van der Waals surface area contributed by atoms with E-state index in [1.807, 2.05) is 55.5 Å². The molecule has 0 unspecified atom stereocenters. The molecular weight excluding hydrogens is 354 g/mol. The third-order valence-electron chi connectivity index (χ3n) is 4.44. The number of carbonyl (C=O) groups excluding carboxylic acids is 1. The van der Waals surface area contributed by atoms with Crippen LogP contribution in [0.1, 0.15) is 27.2 Å². The van der Waals surface area contributed by atoms with Crippen LogP contribution in [0.25, 0.3) is 11.3 Å². The topological polar surface area (TPSA) is 85.8 Å². The van der Waals surface area contributed by atoms with E-state index in [9.17, 15) is 4.79 Å². The Kier molecular flexibility index (Phi) is 4.97. The first-order chi connectivity index (χ1) is 13.7. The van der Waals surface area contributed by atoms with Crippen molar-refractivity contribution in [2.75, 3.05) is 0 Å². The van der Waals surface area contributed by atoms with Gasteiger partial charge in [-0.15, -0.1) is 0 Å². The molecule has 1 amide bonds. The fourth-order valence-corrected chi connectivity index (χ4v) is 2.88. The SMILES string of the molecule is Cc1ccc(-c2cc(C(=O)NCc3ccccc3Cn3cncn3)on2)cc1. The highest BCUT2D eigenvalue weighted by atomic mass is 16.5. The average Bonchev–Trinajstić information content (AvgIpc) is 3.40. The largest absolute Gasteiger partial charge is 0.350 e. The van der Waals surface area contributed by atoms with Crippen LogP contribution in [0.4, 0.5) is 0 Å². The molecule has 0 aliphatic heterocycles. The van der Waals surface area contributed by atoms with E-state index in [2.05, 4.69) is 20.6 Å². The van der Waals surface area contributed by atoms with Crippen molar-refractivity contribution in [1.29, 1.82) is 0 Å². The highest BCUT2D eigenvalue weighted by molar-refractivity contribution is 5.92. The lowest BCUT2D eigenvalue weighted by Gasteiger charge is -2.10. The van der Waals surface area contributed by atoms with Crippen molar-refractivity contribution in [1.82, 2.24) is 25.2 Å². The van der Waals surface area contributed by atoms with Crippen molar-refractivity contribution in [2.45, 2.75) is 20.0 Å². The fraction of sp³-hybridized carbons (Fsp3) is 0.143. The molecule has 140 valence electrons. The molecule has 4 rings (SSSR count). The Hall–Kier alpha value is -3.74. The predicted octanol–water partition coefficient (Wildman–Crippen LogP) is 3.22. The zero-order valence-electron chi connectivity index (χ0n) is 15.4. The Balaban J connectivity index is 1.43. The highest BCUT2D eigenvalue weighted by Crippen LogP contribution is 2.19. The van der Waals surface area contributed by atoms with E-state index in [-0.39, 0.29) is 11.7 Å². The molecule has 2 aromatic heterocycles. The molecule has 7 heteroatoms. The van der Waals surface area contributed by atoms with E-state index in [0.717, 1.165) is 22.3 Å². The molecule has 0 aliphatic rings. The van der Waals surface area contributed by atoms with E-state index in [4.69, 9.17) is 4.52 Å². The van der Waals surface area contributed by atoms with Gasteiger partial charge in [-0.25, -0.2) is 9.67 Å². The summed E-state index contributed by atoms with van der Waals surface area (Å²) in [5, 5.41) is 11.0. The van der Waals surface area contributed by atoms with Crippen LogP contribution in [-0.4, -0.2) is 25.8 Å². The van der Waals surface area contributed by atoms with Crippen LogP contribution in [0, 0.1) is 6.92 Å². The summed E-state index contributed by atoms with van der Waals surface area (Å²) >= 11 is 0. The summed E-state index contributed by atoms with van der Waals surface area (Å²) in [6.07, 6.45) is 3.16. The zero-order chi connectivity index (χ0) is 19.3. The third kappa shape index (κ3) is 3.98. The van der Waals surface area contributed by atoms with Crippen LogP contribution in [0.5, 0.6) is 0 Å². The van der Waals surface area contributed by atoms with Gasteiger partial charge in [0.05, 0.1) is 6.54 Å².